The highest BCUT2D eigenvalue weighted by Crippen LogP contribution is 2.18. The topological polar surface area (TPSA) is 12.9 Å². The number of hydrogen-bond acceptors (Lipinski definition) is 1. The predicted octanol–water partition coefficient (Wildman–Crippen LogP) is 4.17. The van der Waals surface area contributed by atoms with Crippen molar-refractivity contribution < 1.29 is 2.74 Å². The summed E-state index contributed by atoms with van der Waals surface area (Å²) in [5.74, 6) is -1.25. The van der Waals surface area contributed by atoms with E-state index in [0.29, 0.717) is 5.56 Å². The van der Waals surface area contributed by atoms with Gasteiger partial charge < -0.3 is 0 Å². The molecule has 1 nitrogen and oxygen atoms in total. The number of pyridine rings is 1. The third-order valence-corrected chi connectivity index (χ3v) is 3.39. The molecule has 0 fully saturated rings. The normalized spacial score (nSPS) is 14.1. The van der Waals surface area contributed by atoms with Gasteiger partial charge in [-0.1, -0.05) is 56.0 Å². The van der Waals surface area contributed by atoms with Crippen molar-refractivity contribution in [1.82, 2.24) is 4.98 Å². The van der Waals surface area contributed by atoms with Crippen LogP contribution in [-0.2, 0) is 6.00 Å². The standard InChI is InChI=1S/C15H19NSi/c1-17(2,3)12-13-9-10-15(16-11-13)14-7-5-4-6-8-14/h4-11H,12H2,1-3H3/i12D2. The van der Waals surface area contributed by atoms with Crippen LogP contribution in [0.2, 0.25) is 19.6 Å². The van der Waals surface area contributed by atoms with Crippen LogP contribution < -0.4 is 0 Å². The average Bonchev–Trinajstić information content (AvgIpc) is 2.39. The number of benzene rings is 1. The first-order valence-corrected chi connectivity index (χ1v) is 9.34. The average molecular weight is 243 g/mol. The molecule has 0 aliphatic heterocycles. The van der Waals surface area contributed by atoms with Gasteiger partial charge in [0, 0.05) is 22.6 Å². The molecule has 0 unspecified atom stereocenters. The van der Waals surface area contributed by atoms with Crippen LogP contribution in [0.3, 0.4) is 0 Å². The van der Waals surface area contributed by atoms with Crippen LogP contribution in [0.1, 0.15) is 8.30 Å². The van der Waals surface area contributed by atoms with Crippen LogP contribution in [0.5, 0.6) is 0 Å². The van der Waals surface area contributed by atoms with Gasteiger partial charge in [0.15, 0.2) is 0 Å². The zero-order valence-electron chi connectivity index (χ0n) is 12.6. The Morgan fingerprint density at radius 1 is 1.06 bits per heavy atom. The highest BCUT2D eigenvalue weighted by molar-refractivity contribution is 6.75. The molecule has 0 aliphatic rings. The van der Waals surface area contributed by atoms with Gasteiger partial charge >= 0.3 is 0 Å². The van der Waals surface area contributed by atoms with Gasteiger partial charge in [0.25, 0.3) is 0 Å². The van der Waals surface area contributed by atoms with E-state index >= 15 is 0 Å². The quantitative estimate of drug-likeness (QED) is 0.737. The molecule has 88 valence electrons. The Balaban J connectivity index is 2.35. The molecule has 1 aromatic heterocycles. The Labute approximate surface area is 107 Å². The summed E-state index contributed by atoms with van der Waals surface area (Å²) >= 11 is 0. The van der Waals surface area contributed by atoms with E-state index in [1.807, 2.05) is 62.1 Å². The molecule has 1 heterocycles. The minimum Gasteiger partial charge on any atom is -0.256 e. The molecule has 0 atom stereocenters. The summed E-state index contributed by atoms with van der Waals surface area (Å²) in [4.78, 5) is 4.41. The fraction of sp³-hybridized carbons (Fsp3) is 0.267. The molecular formula is C15H19NSi. The third kappa shape index (κ3) is 3.53. The van der Waals surface area contributed by atoms with E-state index < -0.39 is 14.1 Å². The molecule has 0 aliphatic carbocycles. The summed E-state index contributed by atoms with van der Waals surface area (Å²) in [6.07, 6.45) is 1.68. The molecular weight excluding hydrogens is 222 g/mol. The second kappa shape index (κ2) is 4.84. The molecule has 0 spiro atoms. The Morgan fingerprint density at radius 3 is 2.29 bits per heavy atom. The summed E-state index contributed by atoms with van der Waals surface area (Å²) in [6, 6.07) is 13.7. The lowest BCUT2D eigenvalue weighted by molar-refractivity contribution is 1.22. The number of aromatic nitrogens is 1. The monoisotopic (exact) mass is 243 g/mol. The van der Waals surface area contributed by atoms with Crippen LogP contribution in [0, 0.1) is 0 Å². The van der Waals surface area contributed by atoms with Crippen molar-refractivity contribution in [2.24, 2.45) is 0 Å². The van der Waals surface area contributed by atoms with Gasteiger partial charge in [0.05, 0.1) is 5.69 Å². The zero-order chi connectivity index (χ0) is 14.1. The van der Waals surface area contributed by atoms with Crippen LogP contribution in [0.15, 0.2) is 48.7 Å². The molecule has 0 saturated carbocycles. The Hall–Kier alpha value is -1.41. The molecule has 1 aromatic carbocycles. The fourth-order valence-corrected chi connectivity index (χ4v) is 2.69. The van der Waals surface area contributed by atoms with Crippen LogP contribution in [0.25, 0.3) is 11.3 Å². The van der Waals surface area contributed by atoms with Crippen molar-refractivity contribution in [3.05, 3.63) is 54.2 Å². The lowest BCUT2D eigenvalue weighted by Gasteiger charge is -2.15. The van der Waals surface area contributed by atoms with Crippen LogP contribution in [0.4, 0.5) is 0 Å². The van der Waals surface area contributed by atoms with Gasteiger partial charge in [-0.3, -0.25) is 4.98 Å². The van der Waals surface area contributed by atoms with Gasteiger partial charge in [-0.25, -0.2) is 0 Å². The minimum atomic E-state index is -1.93. The van der Waals surface area contributed by atoms with Crippen molar-refractivity contribution in [2.75, 3.05) is 0 Å². The Kier molecular flexibility index (Phi) is 2.73. The van der Waals surface area contributed by atoms with E-state index in [2.05, 4.69) is 4.98 Å². The SMILES string of the molecule is [2H]C([2H])(c1ccc(-c2ccccc2)nc1)[Si](C)(C)C. The molecule has 0 bridgehead atoms. The Bertz CT molecular complexity index is 545. The summed E-state index contributed by atoms with van der Waals surface area (Å²) < 4.78 is 16.6. The van der Waals surface area contributed by atoms with E-state index in [1.54, 1.807) is 6.20 Å². The van der Waals surface area contributed by atoms with Crippen LogP contribution in [-0.4, -0.2) is 13.1 Å². The smallest absolute Gasteiger partial charge is 0.0702 e. The molecule has 17 heavy (non-hydrogen) atoms. The molecule has 0 amide bonds. The maximum absolute atomic E-state index is 8.28. The predicted molar refractivity (Wildman–Crippen MR) is 76.7 cm³/mol. The highest BCUT2D eigenvalue weighted by atomic mass is 28.3. The maximum Gasteiger partial charge on any atom is 0.0702 e. The lowest BCUT2D eigenvalue weighted by atomic mass is 10.1. The van der Waals surface area contributed by atoms with E-state index in [9.17, 15) is 0 Å². The number of nitrogens with zero attached hydrogens (tertiary/aromatic N) is 1. The Morgan fingerprint density at radius 2 is 1.76 bits per heavy atom. The first-order valence-electron chi connectivity index (χ1n) is 6.84. The molecule has 0 N–H and O–H groups in total. The fourth-order valence-electron chi connectivity index (χ4n) is 1.68. The summed E-state index contributed by atoms with van der Waals surface area (Å²) in [5.41, 5.74) is 2.63. The first-order chi connectivity index (χ1) is 8.82. The van der Waals surface area contributed by atoms with Gasteiger partial charge in [-0.05, 0) is 17.6 Å². The van der Waals surface area contributed by atoms with E-state index in [0.717, 1.165) is 11.3 Å². The zero-order valence-corrected chi connectivity index (χ0v) is 11.6. The van der Waals surface area contributed by atoms with Crippen molar-refractivity contribution in [1.29, 1.82) is 0 Å². The van der Waals surface area contributed by atoms with E-state index in [1.165, 1.54) is 0 Å². The van der Waals surface area contributed by atoms with E-state index in [4.69, 9.17) is 2.74 Å². The first kappa shape index (κ1) is 9.60. The molecule has 2 rings (SSSR count). The van der Waals surface area contributed by atoms with Crippen molar-refractivity contribution >= 4 is 8.07 Å². The van der Waals surface area contributed by atoms with Gasteiger partial charge in [0.2, 0.25) is 0 Å². The summed E-state index contributed by atoms with van der Waals surface area (Å²) in [6.45, 7) is 6.12. The van der Waals surface area contributed by atoms with Gasteiger partial charge in [-0.15, -0.1) is 0 Å². The molecule has 0 radical (unpaired) electrons. The number of rotatable bonds is 3. The minimum absolute atomic E-state index is 0.686. The molecule has 0 saturated heterocycles. The van der Waals surface area contributed by atoms with Crippen LogP contribution >= 0.6 is 0 Å². The van der Waals surface area contributed by atoms with Crippen molar-refractivity contribution in [3.63, 3.8) is 0 Å². The lowest BCUT2D eigenvalue weighted by Crippen LogP contribution is -2.23. The summed E-state index contributed by atoms with van der Waals surface area (Å²) in [7, 11) is -1.93. The van der Waals surface area contributed by atoms with Gasteiger partial charge in [-0.2, -0.15) is 0 Å². The maximum atomic E-state index is 8.28. The van der Waals surface area contributed by atoms with Crippen molar-refractivity contribution in [2.45, 2.75) is 25.6 Å². The second-order valence-electron chi connectivity index (χ2n) is 5.17. The third-order valence-electron chi connectivity index (χ3n) is 2.35. The van der Waals surface area contributed by atoms with Gasteiger partial charge in [0.1, 0.15) is 0 Å². The number of hydrogen-bond donors (Lipinski definition) is 0. The largest absolute Gasteiger partial charge is 0.256 e. The van der Waals surface area contributed by atoms with Crippen molar-refractivity contribution in [3.8, 4) is 11.3 Å². The highest BCUT2D eigenvalue weighted by Gasteiger charge is 2.13. The van der Waals surface area contributed by atoms with E-state index in [-0.39, 0.29) is 0 Å². The molecule has 2 aromatic rings. The second-order valence-corrected chi connectivity index (χ2v) is 9.92. The summed E-state index contributed by atoms with van der Waals surface area (Å²) in [5, 5.41) is 0. The molecule has 2 heteroatoms.